The molecule has 0 bridgehead atoms. The second-order valence-corrected chi connectivity index (χ2v) is 4.82. The lowest BCUT2D eigenvalue weighted by Gasteiger charge is -2.11. The number of carbonyl (C=O) groups excluding carboxylic acids is 1. The van der Waals surface area contributed by atoms with Gasteiger partial charge in [-0.3, -0.25) is 4.79 Å². The lowest BCUT2D eigenvalue weighted by atomic mass is 9.92. The largest absolute Gasteiger partial charge is 0.294 e. The highest BCUT2D eigenvalue weighted by Gasteiger charge is 2.30. The SMILES string of the molecule is Cc1ccc2c(c1)C(=O)CC2c1ccc(F)cc1. The Morgan fingerprint density at radius 3 is 2.56 bits per heavy atom. The van der Waals surface area contributed by atoms with E-state index < -0.39 is 0 Å². The van der Waals surface area contributed by atoms with Crippen LogP contribution in [-0.2, 0) is 0 Å². The van der Waals surface area contributed by atoms with Gasteiger partial charge in [-0.05, 0) is 36.2 Å². The molecule has 1 aliphatic carbocycles. The van der Waals surface area contributed by atoms with E-state index in [4.69, 9.17) is 0 Å². The fourth-order valence-corrected chi connectivity index (χ4v) is 2.61. The summed E-state index contributed by atoms with van der Waals surface area (Å²) in [4.78, 5) is 12.0. The molecular weight excluding hydrogens is 227 g/mol. The zero-order valence-electron chi connectivity index (χ0n) is 10.1. The Labute approximate surface area is 105 Å². The number of rotatable bonds is 1. The average Bonchev–Trinajstić information content (AvgIpc) is 2.68. The van der Waals surface area contributed by atoms with Crippen LogP contribution < -0.4 is 0 Å². The van der Waals surface area contributed by atoms with E-state index in [-0.39, 0.29) is 17.5 Å². The Balaban J connectivity index is 2.07. The molecule has 0 saturated carbocycles. The van der Waals surface area contributed by atoms with E-state index in [1.54, 1.807) is 12.1 Å². The first-order valence-corrected chi connectivity index (χ1v) is 6.04. The number of hydrogen-bond donors (Lipinski definition) is 0. The highest BCUT2D eigenvalue weighted by molar-refractivity contribution is 6.02. The standard InChI is InChI=1S/C16H13FO/c1-10-2-7-13-14(9-16(18)15(13)8-10)11-3-5-12(17)6-4-11/h2-8,14H,9H2,1H3. The molecule has 90 valence electrons. The molecule has 1 aliphatic rings. The smallest absolute Gasteiger partial charge is 0.164 e. The third-order valence-electron chi connectivity index (χ3n) is 3.55. The van der Waals surface area contributed by atoms with Crippen molar-refractivity contribution in [2.24, 2.45) is 0 Å². The molecule has 0 fully saturated rings. The first-order valence-electron chi connectivity index (χ1n) is 6.04. The van der Waals surface area contributed by atoms with E-state index in [1.807, 2.05) is 25.1 Å². The minimum atomic E-state index is -0.243. The van der Waals surface area contributed by atoms with Gasteiger partial charge in [0.1, 0.15) is 5.82 Å². The molecule has 0 amide bonds. The van der Waals surface area contributed by atoms with Gasteiger partial charge in [-0.1, -0.05) is 29.8 Å². The number of carbonyl (C=O) groups is 1. The number of Topliss-reactive ketones (excluding diaryl/α,β-unsaturated/α-hetero) is 1. The molecule has 0 radical (unpaired) electrons. The molecule has 1 atom stereocenters. The van der Waals surface area contributed by atoms with Gasteiger partial charge in [0.2, 0.25) is 0 Å². The van der Waals surface area contributed by atoms with Crippen LogP contribution in [-0.4, -0.2) is 5.78 Å². The summed E-state index contributed by atoms with van der Waals surface area (Å²) in [7, 11) is 0. The maximum atomic E-state index is 12.9. The van der Waals surface area contributed by atoms with Gasteiger partial charge in [0, 0.05) is 17.9 Å². The summed E-state index contributed by atoms with van der Waals surface area (Å²) in [6.45, 7) is 1.98. The molecule has 0 spiro atoms. The summed E-state index contributed by atoms with van der Waals surface area (Å²) in [5.74, 6) is 0.0175. The van der Waals surface area contributed by atoms with Gasteiger partial charge in [-0.2, -0.15) is 0 Å². The number of hydrogen-bond acceptors (Lipinski definition) is 1. The lowest BCUT2D eigenvalue weighted by molar-refractivity contribution is 0.0991. The molecular formula is C16H13FO. The predicted octanol–water partition coefficient (Wildman–Crippen LogP) is 3.85. The maximum absolute atomic E-state index is 12.9. The van der Waals surface area contributed by atoms with Crippen molar-refractivity contribution < 1.29 is 9.18 Å². The molecule has 2 aromatic rings. The quantitative estimate of drug-likeness (QED) is 0.740. The fourth-order valence-electron chi connectivity index (χ4n) is 2.61. The van der Waals surface area contributed by atoms with Gasteiger partial charge >= 0.3 is 0 Å². The van der Waals surface area contributed by atoms with Gasteiger partial charge in [0.15, 0.2) is 5.78 Å². The molecule has 1 nitrogen and oxygen atoms in total. The molecule has 0 aromatic heterocycles. The minimum absolute atomic E-state index is 0.0775. The zero-order valence-corrected chi connectivity index (χ0v) is 10.1. The van der Waals surface area contributed by atoms with Gasteiger partial charge in [-0.15, -0.1) is 0 Å². The number of fused-ring (bicyclic) bond motifs is 1. The summed E-state index contributed by atoms with van der Waals surface area (Å²) in [5, 5.41) is 0. The summed E-state index contributed by atoms with van der Waals surface area (Å²) >= 11 is 0. The van der Waals surface area contributed by atoms with Crippen LogP contribution in [0.3, 0.4) is 0 Å². The van der Waals surface area contributed by atoms with Gasteiger partial charge in [0.25, 0.3) is 0 Å². The van der Waals surface area contributed by atoms with Crippen LogP contribution in [0.5, 0.6) is 0 Å². The zero-order chi connectivity index (χ0) is 12.7. The van der Waals surface area contributed by atoms with Crippen molar-refractivity contribution in [2.45, 2.75) is 19.3 Å². The third kappa shape index (κ3) is 1.74. The molecule has 3 rings (SSSR count). The van der Waals surface area contributed by atoms with Gasteiger partial charge < -0.3 is 0 Å². The van der Waals surface area contributed by atoms with Crippen molar-refractivity contribution in [3.05, 3.63) is 70.5 Å². The first-order chi connectivity index (χ1) is 8.65. The highest BCUT2D eigenvalue weighted by Crippen LogP contribution is 2.38. The van der Waals surface area contributed by atoms with E-state index in [0.717, 1.165) is 22.3 Å². The monoisotopic (exact) mass is 240 g/mol. The van der Waals surface area contributed by atoms with Crippen LogP contribution in [0.15, 0.2) is 42.5 Å². The van der Waals surface area contributed by atoms with E-state index in [0.29, 0.717) is 6.42 Å². The summed E-state index contributed by atoms with van der Waals surface area (Å²) in [5.41, 5.74) is 4.00. The molecule has 2 heteroatoms. The third-order valence-corrected chi connectivity index (χ3v) is 3.55. The second-order valence-electron chi connectivity index (χ2n) is 4.82. The van der Waals surface area contributed by atoms with E-state index >= 15 is 0 Å². The Hall–Kier alpha value is -1.96. The molecule has 0 N–H and O–H groups in total. The summed E-state index contributed by atoms with van der Waals surface area (Å²) in [6.07, 6.45) is 0.490. The molecule has 0 aliphatic heterocycles. The minimum Gasteiger partial charge on any atom is -0.294 e. The van der Waals surface area contributed by atoms with Crippen molar-refractivity contribution in [1.29, 1.82) is 0 Å². The van der Waals surface area contributed by atoms with Crippen LogP contribution in [0.1, 0.15) is 39.4 Å². The number of aryl methyl sites for hydroxylation is 1. The van der Waals surface area contributed by atoms with Crippen molar-refractivity contribution in [3.63, 3.8) is 0 Å². The van der Waals surface area contributed by atoms with Crippen molar-refractivity contribution in [2.75, 3.05) is 0 Å². The first kappa shape index (κ1) is 11.1. The molecule has 1 unspecified atom stereocenters. The van der Waals surface area contributed by atoms with E-state index in [9.17, 15) is 9.18 Å². The average molecular weight is 240 g/mol. The number of benzene rings is 2. The molecule has 0 saturated heterocycles. The molecule has 18 heavy (non-hydrogen) atoms. The van der Waals surface area contributed by atoms with Crippen molar-refractivity contribution in [3.8, 4) is 0 Å². The van der Waals surface area contributed by atoms with Crippen LogP contribution in [0, 0.1) is 12.7 Å². The van der Waals surface area contributed by atoms with Crippen LogP contribution in [0.25, 0.3) is 0 Å². The van der Waals surface area contributed by atoms with Crippen LogP contribution in [0.2, 0.25) is 0 Å². The number of halogens is 1. The van der Waals surface area contributed by atoms with E-state index in [1.165, 1.54) is 12.1 Å². The van der Waals surface area contributed by atoms with Gasteiger partial charge in [0.05, 0.1) is 0 Å². The summed E-state index contributed by atoms with van der Waals surface area (Å²) < 4.78 is 12.9. The number of ketones is 1. The topological polar surface area (TPSA) is 17.1 Å². The Morgan fingerprint density at radius 2 is 1.83 bits per heavy atom. The lowest BCUT2D eigenvalue weighted by Crippen LogP contribution is -1.96. The highest BCUT2D eigenvalue weighted by atomic mass is 19.1. The van der Waals surface area contributed by atoms with Crippen LogP contribution in [0.4, 0.5) is 4.39 Å². The van der Waals surface area contributed by atoms with Crippen molar-refractivity contribution in [1.82, 2.24) is 0 Å². The predicted molar refractivity (Wildman–Crippen MR) is 68.4 cm³/mol. The maximum Gasteiger partial charge on any atom is 0.164 e. The second kappa shape index (κ2) is 4.05. The normalized spacial score (nSPS) is 17.9. The van der Waals surface area contributed by atoms with Gasteiger partial charge in [-0.25, -0.2) is 4.39 Å². The summed E-state index contributed by atoms with van der Waals surface area (Å²) in [6, 6.07) is 12.4. The Kier molecular flexibility index (Phi) is 2.51. The Morgan fingerprint density at radius 1 is 1.11 bits per heavy atom. The van der Waals surface area contributed by atoms with Crippen LogP contribution >= 0.6 is 0 Å². The molecule has 0 heterocycles. The van der Waals surface area contributed by atoms with E-state index in [2.05, 4.69) is 0 Å². The molecule has 2 aromatic carbocycles. The van der Waals surface area contributed by atoms with Crippen molar-refractivity contribution >= 4 is 5.78 Å². The fraction of sp³-hybridized carbons (Fsp3) is 0.188. The Bertz CT molecular complexity index is 613.